The molecule has 0 aromatic heterocycles. The molecule has 0 aliphatic carbocycles. The van der Waals surface area contributed by atoms with Crippen LogP contribution in [0, 0.1) is 5.92 Å². The quantitative estimate of drug-likeness (QED) is 0.433. The van der Waals surface area contributed by atoms with Crippen LogP contribution in [0.5, 0.6) is 0 Å². The number of allylic oxidation sites excluding steroid dienone is 1. The molecule has 21 heavy (non-hydrogen) atoms. The molecule has 2 saturated heterocycles. The molecule has 0 aromatic carbocycles. The standard InChI is InChI=1S/C16H27NO2SSi/c1-9(2)12-15(19)20-14-11(13(18)17(12)14)10(3)21(7,8)16(4,5)6/h10-11,14H,1-8H3/t10?,11-,14+/m0/s1. The molecule has 5 heteroatoms. The van der Waals surface area contributed by atoms with Crippen molar-refractivity contribution in [2.24, 2.45) is 5.92 Å². The molecule has 0 bridgehead atoms. The van der Waals surface area contributed by atoms with Gasteiger partial charge in [-0.1, -0.05) is 52.6 Å². The summed E-state index contributed by atoms with van der Waals surface area (Å²) in [6.07, 6.45) is 0. The Morgan fingerprint density at radius 2 is 1.76 bits per heavy atom. The predicted molar refractivity (Wildman–Crippen MR) is 91.7 cm³/mol. The van der Waals surface area contributed by atoms with Crippen molar-refractivity contribution in [1.82, 2.24) is 4.90 Å². The molecule has 2 heterocycles. The summed E-state index contributed by atoms with van der Waals surface area (Å²) in [4.78, 5) is 26.6. The molecule has 3 atom stereocenters. The van der Waals surface area contributed by atoms with Crippen molar-refractivity contribution < 1.29 is 9.59 Å². The van der Waals surface area contributed by atoms with Crippen molar-refractivity contribution in [3.8, 4) is 0 Å². The van der Waals surface area contributed by atoms with Crippen molar-refractivity contribution >= 4 is 30.9 Å². The molecule has 118 valence electrons. The van der Waals surface area contributed by atoms with Crippen LogP contribution in [0.1, 0.15) is 41.5 Å². The number of thioether (sulfide) groups is 1. The largest absolute Gasteiger partial charge is 0.294 e. The van der Waals surface area contributed by atoms with Gasteiger partial charge in [-0.25, -0.2) is 0 Å². The molecule has 2 aliphatic rings. The van der Waals surface area contributed by atoms with Gasteiger partial charge in [0.15, 0.2) is 0 Å². The molecule has 2 aliphatic heterocycles. The maximum absolute atomic E-state index is 12.7. The van der Waals surface area contributed by atoms with Gasteiger partial charge in [0.25, 0.3) is 0 Å². The first-order valence-corrected chi connectivity index (χ1v) is 11.6. The highest BCUT2D eigenvalue weighted by Gasteiger charge is 2.61. The van der Waals surface area contributed by atoms with Crippen LogP contribution in [0.4, 0.5) is 0 Å². The SMILES string of the molecule is CC(C)=C1C(=O)S[C@@H]2[C@@H](C(C)[Si](C)(C)C(C)(C)C)C(=O)N12. The summed E-state index contributed by atoms with van der Waals surface area (Å²) in [6, 6.07) is 0. The third kappa shape index (κ3) is 2.33. The number of carbonyl (C=O) groups is 2. The molecular weight excluding hydrogens is 298 g/mol. The number of rotatable bonds is 2. The lowest BCUT2D eigenvalue weighted by Gasteiger charge is -2.51. The van der Waals surface area contributed by atoms with E-state index in [-0.39, 0.29) is 27.4 Å². The van der Waals surface area contributed by atoms with Crippen LogP contribution in [-0.2, 0) is 9.59 Å². The van der Waals surface area contributed by atoms with E-state index in [9.17, 15) is 9.59 Å². The Morgan fingerprint density at radius 3 is 2.19 bits per heavy atom. The molecule has 2 fully saturated rings. The molecule has 0 radical (unpaired) electrons. The van der Waals surface area contributed by atoms with Crippen molar-refractivity contribution in [3.05, 3.63) is 11.3 Å². The van der Waals surface area contributed by atoms with E-state index in [0.717, 1.165) is 5.57 Å². The minimum atomic E-state index is -1.60. The molecule has 0 N–H and O–H groups in total. The Labute approximate surface area is 133 Å². The van der Waals surface area contributed by atoms with Gasteiger partial charge in [0, 0.05) is 0 Å². The predicted octanol–water partition coefficient (Wildman–Crippen LogP) is 4.24. The zero-order chi connectivity index (χ0) is 16.3. The third-order valence-corrected chi connectivity index (χ3v) is 13.5. The molecule has 0 spiro atoms. The zero-order valence-corrected chi connectivity index (χ0v) is 16.2. The summed E-state index contributed by atoms with van der Waals surface area (Å²) in [5.74, 6) is 0.170. The van der Waals surface area contributed by atoms with E-state index in [0.29, 0.717) is 11.2 Å². The first kappa shape index (κ1) is 16.8. The van der Waals surface area contributed by atoms with Crippen LogP contribution in [0.3, 0.4) is 0 Å². The Hall–Kier alpha value is -0.553. The van der Waals surface area contributed by atoms with E-state index in [1.165, 1.54) is 11.8 Å². The fourth-order valence-corrected chi connectivity index (χ4v) is 7.33. The number of nitrogens with zero attached hydrogens (tertiary/aromatic N) is 1. The number of hydrogen-bond acceptors (Lipinski definition) is 3. The van der Waals surface area contributed by atoms with Gasteiger partial charge in [-0.15, -0.1) is 0 Å². The highest BCUT2D eigenvalue weighted by molar-refractivity contribution is 8.15. The van der Waals surface area contributed by atoms with Crippen LogP contribution in [0.15, 0.2) is 11.3 Å². The highest BCUT2D eigenvalue weighted by atomic mass is 32.2. The number of hydrogen-bond donors (Lipinski definition) is 0. The lowest BCUT2D eigenvalue weighted by molar-refractivity contribution is -0.147. The van der Waals surface area contributed by atoms with Gasteiger partial charge in [-0.05, 0) is 30.0 Å². The second-order valence-electron chi connectivity index (χ2n) is 8.14. The Kier molecular flexibility index (Phi) is 3.99. The summed E-state index contributed by atoms with van der Waals surface area (Å²) < 4.78 is 0. The molecule has 1 amide bonds. The molecular formula is C16H27NO2SSi. The first-order chi connectivity index (χ1) is 9.41. The normalized spacial score (nSPS) is 27.6. The number of carbonyl (C=O) groups excluding carboxylic acids is 2. The summed E-state index contributed by atoms with van der Waals surface area (Å²) in [6.45, 7) is 17.6. The summed E-state index contributed by atoms with van der Waals surface area (Å²) >= 11 is 1.35. The van der Waals surface area contributed by atoms with E-state index in [4.69, 9.17) is 0 Å². The molecule has 2 rings (SSSR count). The van der Waals surface area contributed by atoms with E-state index in [2.05, 4.69) is 40.8 Å². The lowest BCUT2D eigenvalue weighted by atomic mass is 9.93. The fraction of sp³-hybridized carbons (Fsp3) is 0.750. The van der Waals surface area contributed by atoms with Gasteiger partial charge in [-0.3, -0.25) is 14.5 Å². The average Bonchev–Trinajstić information content (AvgIpc) is 2.61. The highest BCUT2D eigenvalue weighted by Crippen LogP contribution is 2.56. The van der Waals surface area contributed by atoms with Gasteiger partial charge in [0.1, 0.15) is 5.37 Å². The van der Waals surface area contributed by atoms with Crippen LogP contribution in [0.2, 0.25) is 23.7 Å². The van der Waals surface area contributed by atoms with Gasteiger partial charge < -0.3 is 0 Å². The zero-order valence-electron chi connectivity index (χ0n) is 14.4. The fourth-order valence-electron chi connectivity index (χ4n) is 3.15. The first-order valence-electron chi connectivity index (χ1n) is 7.62. The van der Waals surface area contributed by atoms with Crippen molar-refractivity contribution in [3.63, 3.8) is 0 Å². The summed E-state index contributed by atoms with van der Waals surface area (Å²) in [5.41, 5.74) is 1.96. The van der Waals surface area contributed by atoms with Crippen LogP contribution < -0.4 is 0 Å². The van der Waals surface area contributed by atoms with Crippen molar-refractivity contribution in [2.75, 3.05) is 0 Å². The number of fused-ring (bicyclic) bond motifs is 1. The smallest absolute Gasteiger partial charge is 0.237 e. The summed E-state index contributed by atoms with van der Waals surface area (Å²) in [7, 11) is -1.60. The topological polar surface area (TPSA) is 37.4 Å². The summed E-state index contributed by atoms with van der Waals surface area (Å²) in [5, 5.41) is 0.358. The lowest BCUT2D eigenvalue weighted by Crippen LogP contribution is -2.61. The maximum atomic E-state index is 12.7. The molecule has 0 aromatic rings. The van der Waals surface area contributed by atoms with E-state index >= 15 is 0 Å². The second-order valence-corrected chi connectivity index (χ2v) is 15.1. The van der Waals surface area contributed by atoms with Crippen molar-refractivity contribution in [1.29, 1.82) is 0 Å². The van der Waals surface area contributed by atoms with Gasteiger partial charge in [0.05, 0.1) is 19.7 Å². The van der Waals surface area contributed by atoms with Gasteiger partial charge >= 0.3 is 0 Å². The minimum absolute atomic E-state index is 0.0108. The van der Waals surface area contributed by atoms with E-state index in [1.54, 1.807) is 4.90 Å². The molecule has 0 saturated carbocycles. The number of amides is 1. The average molecular weight is 326 g/mol. The monoisotopic (exact) mass is 325 g/mol. The minimum Gasteiger partial charge on any atom is -0.294 e. The maximum Gasteiger partial charge on any atom is 0.237 e. The van der Waals surface area contributed by atoms with E-state index < -0.39 is 8.07 Å². The van der Waals surface area contributed by atoms with Crippen LogP contribution >= 0.6 is 11.8 Å². The van der Waals surface area contributed by atoms with E-state index in [1.807, 2.05) is 13.8 Å². The Balaban J connectivity index is 2.29. The number of β-lactam (4-membered cyclic amide) rings is 1. The Bertz CT molecular complexity index is 529. The van der Waals surface area contributed by atoms with Gasteiger partial charge in [0.2, 0.25) is 11.0 Å². The Morgan fingerprint density at radius 1 is 1.24 bits per heavy atom. The van der Waals surface area contributed by atoms with Crippen LogP contribution in [0.25, 0.3) is 0 Å². The van der Waals surface area contributed by atoms with Crippen molar-refractivity contribution in [2.45, 2.75) is 70.6 Å². The molecule has 3 nitrogen and oxygen atoms in total. The van der Waals surface area contributed by atoms with Gasteiger partial charge in [-0.2, -0.15) is 0 Å². The second kappa shape index (κ2) is 4.98. The van der Waals surface area contributed by atoms with Crippen LogP contribution in [-0.4, -0.2) is 29.4 Å². The molecule has 1 unspecified atom stereocenters. The third-order valence-electron chi connectivity index (χ3n) is 5.83.